The summed E-state index contributed by atoms with van der Waals surface area (Å²) < 4.78 is 5.56. The van der Waals surface area contributed by atoms with Crippen molar-refractivity contribution in [2.45, 2.75) is 25.3 Å². The molecule has 35 heavy (non-hydrogen) atoms. The summed E-state index contributed by atoms with van der Waals surface area (Å²) in [5, 5.41) is 23.2. The number of aliphatic carboxylic acids is 1. The lowest BCUT2D eigenvalue weighted by atomic mass is 9.98. The number of fused-ring (bicyclic) bond motifs is 3. The van der Waals surface area contributed by atoms with Crippen LogP contribution in [0.1, 0.15) is 39.4 Å². The van der Waals surface area contributed by atoms with Crippen LogP contribution in [0.15, 0.2) is 66.7 Å². The minimum absolute atomic E-state index is 0.0542. The van der Waals surface area contributed by atoms with Crippen LogP contribution in [-0.2, 0) is 9.53 Å². The first kappa shape index (κ1) is 24.0. The van der Waals surface area contributed by atoms with Gasteiger partial charge in [-0.2, -0.15) is 0 Å². The molecule has 1 unspecified atom stereocenters. The molecule has 0 saturated heterocycles. The molecule has 8 heteroatoms. The van der Waals surface area contributed by atoms with E-state index in [1.54, 1.807) is 19.1 Å². The van der Waals surface area contributed by atoms with Gasteiger partial charge < -0.3 is 20.3 Å². The van der Waals surface area contributed by atoms with E-state index < -0.39 is 24.0 Å². The van der Waals surface area contributed by atoms with E-state index in [9.17, 15) is 14.4 Å². The molecule has 8 nitrogen and oxygen atoms in total. The second-order valence-electron chi connectivity index (χ2n) is 8.36. The minimum atomic E-state index is -1.22. The first-order valence-corrected chi connectivity index (χ1v) is 11.3. The number of aryl methyl sites for hydroxylation is 1. The predicted molar refractivity (Wildman–Crippen MR) is 130 cm³/mol. The molecule has 4 rings (SSSR count). The number of aliphatic hydroxyl groups is 1. The fraction of sp³-hybridized carbons (Fsp3) is 0.222. The number of carboxylic acid groups (broad SMARTS) is 1. The molecule has 180 valence electrons. The van der Waals surface area contributed by atoms with Crippen LogP contribution in [0, 0.1) is 6.92 Å². The number of aliphatic hydroxyl groups excluding tert-OH is 1. The van der Waals surface area contributed by atoms with Crippen LogP contribution in [0.2, 0.25) is 0 Å². The Bertz CT molecular complexity index is 1230. The van der Waals surface area contributed by atoms with E-state index in [0.717, 1.165) is 22.3 Å². The van der Waals surface area contributed by atoms with Crippen molar-refractivity contribution in [3.8, 4) is 11.1 Å². The minimum Gasteiger partial charge on any atom is -0.480 e. The molecule has 0 aliphatic heterocycles. The Morgan fingerprint density at radius 3 is 2.17 bits per heavy atom. The van der Waals surface area contributed by atoms with Crippen LogP contribution < -0.4 is 10.6 Å². The molecule has 0 spiro atoms. The second kappa shape index (κ2) is 10.4. The molecule has 0 aromatic heterocycles. The molecular weight excluding hydrogens is 448 g/mol. The quantitative estimate of drug-likeness (QED) is 0.392. The van der Waals surface area contributed by atoms with Crippen LogP contribution in [0.3, 0.4) is 0 Å². The summed E-state index contributed by atoms with van der Waals surface area (Å²) in [5.74, 6) is -1.86. The number of ether oxygens (including phenoxy) is 1. The van der Waals surface area contributed by atoms with Gasteiger partial charge in [-0.1, -0.05) is 48.5 Å². The lowest BCUT2D eigenvalue weighted by Gasteiger charge is -2.16. The highest BCUT2D eigenvalue weighted by Crippen LogP contribution is 2.44. The zero-order valence-electron chi connectivity index (χ0n) is 19.2. The Hall–Kier alpha value is -4.17. The number of nitrogens with one attached hydrogen (secondary N) is 2. The summed E-state index contributed by atoms with van der Waals surface area (Å²) in [6, 6.07) is 19.6. The largest absolute Gasteiger partial charge is 0.480 e. The average molecular weight is 475 g/mol. The fourth-order valence-electron chi connectivity index (χ4n) is 4.32. The van der Waals surface area contributed by atoms with Gasteiger partial charge in [0.2, 0.25) is 0 Å². The van der Waals surface area contributed by atoms with E-state index in [-0.39, 0.29) is 31.1 Å². The molecule has 0 radical (unpaired) electrons. The van der Waals surface area contributed by atoms with Crippen LogP contribution in [0.25, 0.3) is 11.1 Å². The highest BCUT2D eigenvalue weighted by molar-refractivity contribution is 5.97. The number of anilines is 1. The SMILES string of the molecule is Cc1cc(C(=O)NC(CCO)C(=O)O)ccc1NC(=O)OCC1c2ccccc2-c2ccccc21. The third kappa shape index (κ3) is 5.17. The van der Waals surface area contributed by atoms with Gasteiger partial charge in [-0.05, 0) is 52.9 Å². The Morgan fingerprint density at radius 1 is 0.971 bits per heavy atom. The molecule has 0 fully saturated rings. The van der Waals surface area contributed by atoms with Crippen molar-refractivity contribution >= 4 is 23.7 Å². The predicted octanol–water partition coefficient (Wildman–Crippen LogP) is 3.92. The first-order chi connectivity index (χ1) is 16.9. The maximum Gasteiger partial charge on any atom is 0.411 e. The van der Waals surface area contributed by atoms with Gasteiger partial charge in [-0.25, -0.2) is 9.59 Å². The van der Waals surface area contributed by atoms with Crippen molar-refractivity contribution in [3.05, 3.63) is 89.0 Å². The van der Waals surface area contributed by atoms with E-state index in [0.29, 0.717) is 11.3 Å². The molecule has 0 saturated carbocycles. The zero-order valence-corrected chi connectivity index (χ0v) is 19.2. The maximum absolute atomic E-state index is 12.6. The standard InChI is InChI=1S/C27H26N2O6/c1-16-14-17(25(31)28-24(12-13-30)26(32)33)10-11-23(16)29-27(34)35-15-22-20-8-4-2-6-18(20)19-7-3-5-9-21(19)22/h2-11,14,22,24,30H,12-13,15H2,1H3,(H,28,31)(H,29,34)(H,32,33). The summed E-state index contributed by atoms with van der Waals surface area (Å²) in [6.07, 6.45) is -0.706. The van der Waals surface area contributed by atoms with E-state index in [1.165, 1.54) is 6.07 Å². The van der Waals surface area contributed by atoms with Crippen LogP contribution in [0.5, 0.6) is 0 Å². The number of rotatable bonds is 8. The summed E-state index contributed by atoms with van der Waals surface area (Å²) in [4.78, 5) is 36.2. The number of carbonyl (C=O) groups excluding carboxylic acids is 2. The third-order valence-corrected chi connectivity index (χ3v) is 6.09. The maximum atomic E-state index is 12.6. The number of benzene rings is 3. The highest BCUT2D eigenvalue weighted by Gasteiger charge is 2.29. The summed E-state index contributed by atoms with van der Waals surface area (Å²) in [6.45, 7) is 1.54. The topological polar surface area (TPSA) is 125 Å². The van der Waals surface area contributed by atoms with E-state index in [2.05, 4.69) is 22.8 Å². The molecule has 4 N–H and O–H groups in total. The lowest BCUT2D eigenvalue weighted by Crippen LogP contribution is -2.41. The van der Waals surface area contributed by atoms with Crippen molar-refractivity contribution in [1.82, 2.24) is 5.32 Å². The normalized spacial score (nSPS) is 12.9. The monoisotopic (exact) mass is 474 g/mol. The van der Waals surface area contributed by atoms with E-state index in [4.69, 9.17) is 14.9 Å². The van der Waals surface area contributed by atoms with Gasteiger partial charge in [0.1, 0.15) is 12.6 Å². The van der Waals surface area contributed by atoms with Gasteiger partial charge in [0.05, 0.1) is 0 Å². The Morgan fingerprint density at radius 2 is 1.60 bits per heavy atom. The number of carboxylic acids is 1. The number of carbonyl (C=O) groups is 3. The second-order valence-corrected chi connectivity index (χ2v) is 8.36. The average Bonchev–Trinajstić information content (AvgIpc) is 3.17. The van der Waals surface area contributed by atoms with Gasteiger partial charge in [0.25, 0.3) is 5.91 Å². The van der Waals surface area contributed by atoms with Crippen molar-refractivity contribution in [2.24, 2.45) is 0 Å². The molecule has 0 bridgehead atoms. The van der Waals surface area contributed by atoms with Crippen molar-refractivity contribution in [1.29, 1.82) is 0 Å². The first-order valence-electron chi connectivity index (χ1n) is 11.3. The van der Waals surface area contributed by atoms with Crippen LogP contribution in [0.4, 0.5) is 10.5 Å². The van der Waals surface area contributed by atoms with Gasteiger partial charge in [-0.3, -0.25) is 10.1 Å². The van der Waals surface area contributed by atoms with Crippen molar-refractivity contribution < 1.29 is 29.3 Å². The smallest absolute Gasteiger partial charge is 0.411 e. The van der Waals surface area contributed by atoms with Crippen molar-refractivity contribution in [2.75, 3.05) is 18.5 Å². The Kier molecular flexibility index (Phi) is 7.12. The van der Waals surface area contributed by atoms with Crippen LogP contribution >= 0.6 is 0 Å². The van der Waals surface area contributed by atoms with Crippen LogP contribution in [-0.4, -0.2) is 47.4 Å². The molecule has 2 amide bonds. The van der Waals surface area contributed by atoms with Gasteiger partial charge in [0.15, 0.2) is 0 Å². The highest BCUT2D eigenvalue weighted by atomic mass is 16.5. The van der Waals surface area contributed by atoms with Gasteiger partial charge in [-0.15, -0.1) is 0 Å². The molecule has 0 heterocycles. The van der Waals surface area contributed by atoms with E-state index >= 15 is 0 Å². The molecule has 1 aliphatic carbocycles. The van der Waals surface area contributed by atoms with Gasteiger partial charge >= 0.3 is 12.1 Å². The summed E-state index contributed by atoms with van der Waals surface area (Å²) in [7, 11) is 0. The van der Waals surface area contributed by atoms with Crippen molar-refractivity contribution in [3.63, 3.8) is 0 Å². The molecular formula is C27H26N2O6. The molecule has 3 aromatic rings. The molecule has 1 atom stereocenters. The third-order valence-electron chi connectivity index (χ3n) is 6.09. The fourth-order valence-corrected chi connectivity index (χ4v) is 4.32. The Balaban J connectivity index is 1.39. The van der Waals surface area contributed by atoms with E-state index in [1.807, 2.05) is 36.4 Å². The Labute approximate surface area is 202 Å². The number of hydrogen-bond acceptors (Lipinski definition) is 5. The number of amides is 2. The zero-order chi connectivity index (χ0) is 24.9. The molecule has 1 aliphatic rings. The summed E-state index contributed by atoms with van der Waals surface area (Å²) in [5.41, 5.74) is 5.86. The summed E-state index contributed by atoms with van der Waals surface area (Å²) >= 11 is 0. The van der Waals surface area contributed by atoms with Gasteiger partial charge in [0, 0.05) is 30.2 Å². The lowest BCUT2D eigenvalue weighted by molar-refractivity contribution is -0.139. The molecule has 3 aromatic carbocycles. The number of hydrogen-bond donors (Lipinski definition) is 4.